The highest BCUT2D eigenvalue weighted by Crippen LogP contribution is 2.20. The normalized spacial score (nSPS) is 14.8. The smallest absolute Gasteiger partial charge is 0.241 e. The van der Waals surface area contributed by atoms with Gasteiger partial charge in [0.05, 0.1) is 10.5 Å². The number of rotatable bonds is 5. The van der Waals surface area contributed by atoms with E-state index in [4.69, 9.17) is 11.0 Å². The van der Waals surface area contributed by atoms with Gasteiger partial charge in [-0.2, -0.15) is 5.26 Å². The fourth-order valence-electron chi connectivity index (χ4n) is 1.52. The third kappa shape index (κ3) is 3.33. The van der Waals surface area contributed by atoms with Crippen LogP contribution in [0.25, 0.3) is 0 Å². The maximum Gasteiger partial charge on any atom is 0.241 e. The maximum atomic E-state index is 13.2. The predicted octanol–water partition coefficient (Wildman–Crippen LogP) is 1.35. The summed E-state index contributed by atoms with van der Waals surface area (Å²) in [5, 5.41) is 8.75. The summed E-state index contributed by atoms with van der Waals surface area (Å²) in [6.45, 7) is 5.52. The summed E-state index contributed by atoms with van der Waals surface area (Å²) in [6.07, 6.45) is 0. The van der Waals surface area contributed by atoms with Crippen molar-refractivity contribution in [2.24, 2.45) is 11.7 Å². The van der Waals surface area contributed by atoms with Gasteiger partial charge in [-0.25, -0.2) is 17.5 Å². The van der Waals surface area contributed by atoms with Gasteiger partial charge in [-0.1, -0.05) is 13.8 Å². The van der Waals surface area contributed by atoms with Crippen LogP contribution in [0.4, 0.5) is 4.39 Å². The van der Waals surface area contributed by atoms with Crippen molar-refractivity contribution in [3.8, 4) is 6.07 Å². The van der Waals surface area contributed by atoms with Gasteiger partial charge in [-0.15, -0.1) is 0 Å². The molecular formula is C13H18FN3O2S. The molecule has 1 aromatic rings. The number of nitriles is 1. The van der Waals surface area contributed by atoms with Crippen molar-refractivity contribution in [2.45, 2.75) is 31.2 Å². The number of nitrogens with zero attached hydrogens (tertiary/aromatic N) is 1. The molecule has 0 aliphatic heterocycles. The van der Waals surface area contributed by atoms with E-state index in [2.05, 4.69) is 4.72 Å². The van der Waals surface area contributed by atoms with Gasteiger partial charge in [0.1, 0.15) is 11.9 Å². The number of hydrogen-bond donors (Lipinski definition) is 2. The van der Waals surface area contributed by atoms with Crippen molar-refractivity contribution in [3.05, 3.63) is 29.6 Å². The lowest BCUT2D eigenvalue weighted by Gasteiger charge is -2.33. The Balaban J connectivity index is 3.22. The molecule has 3 N–H and O–H groups in total. The van der Waals surface area contributed by atoms with E-state index < -0.39 is 21.4 Å². The van der Waals surface area contributed by atoms with Crippen molar-refractivity contribution < 1.29 is 12.8 Å². The van der Waals surface area contributed by atoms with Crippen LogP contribution in [-0.2, 0) is 10.0 Å². The summed E-state index contributed by atoms with van der Waals surface area (Å²) in [5.74, 6) is -0.782. The molecule has 1 aromatic carbocycles. The molecule has 20 heavy (non-hydrogen) atoms. The van der Waals surface area contributed by atoms with Crippen molar-refractivity contribution >= 4 is 10.0 Å². The summed E-state index contributed by atoms with van der Waals surface area (Å²) in [4.78, 5) is -0.157. The third-order valence-corrected chi connectivity index (χ3v) is 5.04. The topological polar surface area (TPSA) is 96.0 Å². The quantitative estimate of drug-likeness (QED) is 0.857. The van der Waals surface area contributed by atoms with Gasteiger partial charge in [0.15, 0.2) is 0 Å². The van der Waals surface area contributed by atoms with E-state index in [0.717, 1.165) is 18.2 Å². The summed E-state index contributed by atoms with van der Waals surface area (Å²) in [5.41, 5.74) is 4.50. The fourth-order valence-corrected chi connectivity index (χ4v) is 3.09. The largest absolute Gasteiger partial charge is 0.329 e. The average molecular weight is 299 g/mol. The zero-order valence-corrected chi connectivity index (χ0v) is 12.5. The molecule has 1 atom stereocenters. The van der Waals surface area contributed by atoms with Crippen LogP contribution in [0.15, 0.2) is 23.1 Å². The van der Waals surface area contributed by atoms with Crippen molar-refractivity contribution in [3.63, 3.8) is 0 Å². The van der Waals surface area contributed by atoms with E-state index in [0.29, 0.717) is 0 Å². The average Bonchev–Trinajstić information content (AvgIpc) is 2.38. The van der Waals surface area contributed by atoms with E-state index in [-0.39, 0.29) is 22.9 Å². The van der Waals surface area contributed by atoms with Gasteiger partial charge in [0.2, 0.25) is 10.0 Å². The Hall–Kier alpha value is -1.49. The molecule has 0 heterocycles. The van der Waals surface area contributed by atoms with Crippen LogP contribution < -0.4 is 10.5 Å². The summed E-state index contributed by atoms with van der Waals surface area (Å²) in [7, 11) is -3.87. The van der Waals surface area contributed by atoms with Gasteiger partial charge in [-0.05, 0) is 31.0 Å². The molecule has 110 valence electrons. The third-order valence-electron chi connectivity index (χ3n) is 3.43. The Labute approximate surface area is 118 Å². The summed E-state index contributed by atoms with van der Waals surface area (Å²) < 4.78 is 40.3. The van der Waals surface area contributed by atoms with Crippen LogP contribution in [0, 0.1) is 23.1 Å². The highest BCUT2D eigenvalue weighted by molar-refractivity contribution is 7.89. The van der Waals surface area contributed by atoms with Crippen LogP contribution in [0.5, 0.6) is 0 Å². The number of benzene rings is 1. The zero-order chi connectivity index (χ0) is 15.6. The van der Waals surface area contributed by atoms with E-state index in [1.54, 1.807) is 13.0 Å². The van der Waals surface area contributed by atoms with Crippen LogP contribution in [-0.4, -0.2) is 20.5 Å². The van der Waals surface area contributed by atoms with Crippen LogP contribution in [0.2, 0.25) is 0 Å². The lowest BCUT2D eigenvalue weighted by molar-refractivity contribution is 0.315. The molecule has 1 unspecified atom stereocenters. The first-order valence-corrected chi connectivity index (χ1v) is 7.58. The van der Waals surface area contributed by atoms with Gasteiger partial charge in [0, 0.05) is 12.1 Å². The van der Waals surface area contributed by atoms with Gasteiger partial charge in [-0.3, -0.25) is 0 Å². The maximum absolute atomic E-state index is 13.2. The number of hydrogen-bond acceptors (Lipinski definition) is 4. The second kappa shape index (κ2) is 5.87. The van der Waals surface area contributed by atoms with Gasteiger partial charge in [0.25, 0.3) is 0 Å². The van der Waals surface area contributed by atoms with Crippen molar-refractivity contribution in [2.75, 3.05) is 6.54 Å². The Morgan fingerprint density at radius 2 is 2.10 bits per heavy atom. The summed E-state index contributed by atoms with van der Waals surface area (Å²) >= 11 is 0. The SMILES string of the molecule is CC(C)C(C)(CN)NS(=O)(=O)c1ccc(F)c(C#N)c1. The number of nitrogens with one attached hydrogen (secondary N) is 1. The molecule has 0 aliphatic carbocycles. The molecule has 0 radical (unpaired) electrons. The van der Waals surface area contributed by atoms with Gasteiger partial charge < -0.3 is 5.73 Å². The first-order valence-electron chi connectivity index (χ1n) is 6.10. The molecule has 7 heteroatoms. The van der Waals surface area contributed by atoms with Crippen LogP contribution in [0.3, 0.4) is 0 Å². The first kappa shape index (κ1) is 16.6. The predicted molar refractivity (Wildman–Crippen MR) is 73.7 cm³/mol. The Morgan fingerprint density at radius 3 is 2.55 bits per heavy atom. The molecule has 0 amide bonds. The molecule has 0 aromatic heterocycles. The highest BCUT2D eigenvalue weighted by Gasteiger charge is 2.32. The van der Waals surface area contributed by atoms with Crippen LogP contribution in [0.1, 0.15) is 26.3 Å². The number of sulfonamides is 1. The second-order valence-corrected chi connectivity index (χ2v) is 6.82. The highest BCUT2D eigenvalue weighted by atomic mass is 32.2. The minimum atomic E-state index is -3.87. The molecule has 1 rings (SSSR count). The van der Waals surface area contributed by atoms with E-state index in [1.165, 1.54) is 0 Å². The molecule has 0 bridgehead atoms. The number of nitrogens with two attached hydrogens (primary N) is 1. The molecule has 0 aliphatic rings. The molecule has 0 fully saturated rings. The summed E-state index contributed by atoms with van der Waals surface area (Å²) in [6, 6.07) is 4.71. The lowest BCUT2D eigenvalue weighted by Crippen LogP contribution is -2.54. The minimum Gasteiger partial charge on any atom is -0.329 e. The Bertz CT molecular complexity index is 638. The zero-order valence-electron chi connectivity index (χ0n) is 11.6. The van der Waals surface area contributed by atoms with Crippen molar-refractivity contribution in [1.29, 1.82) is 5.26 Å². The molecular weight excluding hydrogens is 281 g/mol. The second-order valence-electron chi connectivity index (χ2n) is 5.14. The fraction of sp³-hybridized carbons (Fsp3) is 0.462. The standard InChI is InChI=1S/C13H18FN3O2S/c1-9(2)13(3,8-16)17-20(18,19)11-4-5-12(14)10(6-11)7-15/h4-6,9,17H,8,16H2,1-3H3. The minimum absolute atomic E-state index is 0.0295. The Kier molecular flexibility index (Phi) is 4.86. The number of halogens is 1. The molecule has 0 spiro atoms. The van der Waals surface area contributed by atoms with E-state index >= 15 is 0 Å². The monoisotopic (exact) mass is 299 g/mol. The van der Waals surface area contributed by atoms with E-state index in [9.17, 15) is 12.8 Å². The molecule has 5 nitrogen and oxygen atoms in total. The Morgan fingerprint density at radius 1 is 1.50 bits per heavy atom. The first-order chi connectivity index (χ1) is 9.16. The molecule has 0 saturated carbocycles. The van der Waals surface area contributed by atoms with E-state index in [1.807, 2.05) is 13.8 Å². The van der Waals surface area contributed by atoms with Crippen LogP contribution >= 0.6 is 0 Å². The lowest BCUT2D eigenvalue weighted by atomic mass is 9.90. The molecule has 0 saturated heterocycles. The van der Waals surface area contributed by atoms with Gasteiger partial charge >= 0.3 is 0 Å². The van der Waals surface area contributed by atoms with Crippen molar-refractivity contribution in [1.82, 2.24) is 4.72 Å².